The molecule has 20 heavy (non-hydrogen) atoms. The van der Waals surface area contributed by atoms with Crippen LogP contribution in [0.25, 0.3) is 0 Å². The summed E-state index contributed by atoms with van der Waals surface area (Å²) in [7, 11) is 0. The minimum atomic E-state index is -0.400. The van der Waals surface area contributed by atoms with Crippen molar-refractivity contribution in [3.8, 4) is 0 Å². The van der Waals surface area contributed by atoms with Gasteiger partial charge in [0.25, 0.3) is 0 Å². The molecule has 5 nitrogen and oxygen atoms in total. The van der Waals surface area contributed by atoms with E-state index in [0.717, 1.165) is 19.3 Å². The molecule has 3 unspecified atom stereocenters. The van der Waals surface area contributed by atoms with Crippen molar-refractivity contribution in [2.75, 3.05) is 13.2 Å². The lowest BCUT2D eigenvalue weighted by Crippen LogP contribution is -2.67. The van der Waals surface area contributed by atoms with Gasteiger partial charge in [-0.05, 0) is 32.1 Å². The van der Waals surface area contributed by atoms with E-state index >= 15 is 0 Å². The number of carbonyl (C=O) groups excluding carboxylic acids is 2. The van der Waals surface area contributed by atoms with Gasteiger partial charge < -0.3 is 15.0 Å². The Labute approximate surface area is 120 Å². The van der Waals surface area contributed by atoms with Crippen molar-refractivity contribution in [3.05, 3.63) is 0 Å². The molecule has 1 N–H and O–H groups in total. The van der Waals surface area contributed by atoms with Crippen LogP contribution in [0.1, 0.15) is 45.4 Å². The Kier molecular flexibility index (Phi) is 3.96. The number of hydrogen-bond acceptors (Lipinski definition) is 3. The lowest BCUT2D eigenvalue weighted by Gasteiger charge is -2.45. The van der Waals surface area contributed by atoms with Crippen molar-refractivity contribution in [2.24, 2.45) is 5.92 Å². The Morgan fingerprint density at radius 1 is 1.15 bits per heavy atom. The maximum Gasteiger partial charge on any atom is 0.245 e. The molecule has 0 bridgehead atoms. The molecule has 0 aromatic carbocycles. The summed E-state index contributed by atoms with van der Waals surface area (Å²) < 4.78 is 5.44. The number of piperazine rings is 1. The normalized spacial score (nSPS) is 36.2. The highest BCUT2D eigenvalue weighted by atomic mass is 16.5. The monoisotopic (exact) mass is 280 g/mol. The van der Waals surface area contributed by atoms with Crippen LogP contribution in [0.15, 0.2) is 0 Å². The first kappa shape index (κ1) is 13.9. The second kappa shape index (κ2) is 5.72. The largest absolute Gasteiger partial charge is 0.379 e. The molecule has 0 aromatic heterocycles. The van der Waals surface area contributed by atoms with Crippen LogP contribution in [0.5, 0.6) is 0 Å². The van der Waals surface area contributed by atoms with E-state index in [0.29, 0.717) is 19.1 Å². The average molecular weight is 280 g/mol. The Hall–Kier alpha value is -1.10. The van der Waals surface area contributed by atoms with E-state index in [9.17, 15) is 9.59 Å². The van der Waals surface area contributed by atoms with Gasteiger partial charge in [-0.1, -0.05) is 19.3 Å². The van der Waals surface area contributed by atoms with Gasteiger partial charge in [0.1, 0.15) is 12.1 Å². The van der Waals surface area contributed by atoms with Crippen molar-refractivity contribution in [1.82, 2.24) is 10.2 Å². The number of nitrogens with zero attached hydrogens (tertiary/aromatic N) is 1. The highest BCUT2D eigenvalue weighted by Crippen LogP contribution is 2.33. The zero-order chi connectivity index (χ0) is 14.1. The molecule has 1 saturated carbocycles. The van der Waals surface area contributed by atoms with Gasteiger partial charge in [0, 0.05) is 6.61 Å². The molecule has 0 spiro atoms. The predicted octanol–water partition coefficient (Wildman–Crippen LogP) is 1.07. The predicted molar refractivity (Wildman–Crippen MR) is 74.0 cm³/mol. The Bertz CT molecular complexity index is 387. The fraction of sp³-hybridized carbons (Fsp3) is 0.867. The zero-order valence-corrected chi connectivity index (χ0v) is 12.1. The van der Waals surface area contributed by atoms with E-state index < -0.39 is 6.04 Å². The third-order valence-electron chi connectivity index (χ3n) is 4.95. The Morgan fingerprint density at radius 2 is 1.90 bits per heavy atom. The van der Waals surface area contributed by atoms with Crippen molar-refractivity contribution in [3.63, 3.8) is 0 Å². The molecule has 2 amide bonds. The van der Waals surface area contributed by atoms with Crippen molar-refractivity contribution < 1.29 is 14.3 Å². The maximum atomic E-state index is 12.6. The SMILES string of the molecule is CC1NC(=O)C(C2CCCCC2)N(C2CCOC2)C1=O. The molecule has 5 heteroatoms. The van der Waals surface area contributed by atoms with Crippen LogP contribution in [-0.4, -0.2) is 48.1 Å². The summed E-state index contributed by atoms with van der Waals surface area (Å²) >= 11 is 0. The van der Waals surface area contributed by atoms with E-state index in [1.165, 1.54) is 19.3 Å². The highest BCUT2D eigenvalue weighted by molar-refractivity contribution is 5.97. The molecule has 1 aliphatic carbocycles. The van der Waals surface area contributed by atoms with Crippen LogP contribution < -0.4 is 5.32 Å². The molecule has 0 radical (unpaired) electrons. The number of amides is 2. The molecular weight excluding hydrogens is 256 g/mol. The molecule has 3 rings (SSSR count). The van der Waals surface area contributed by atoms with E-state index in [-0.39, 0.29) is 23.9 Å². The second-order valence-electron chi connectivity index (χ2n) is 6.34. The van der Waals surface area contributed by atoms with Gasteiger partial charge in [0.15, 0.2) is 0 Å². The first-order chi connectivity index (χ1) is 9.68. The molecule has 2 saturated heterocycles. The van der Waals surface area contributed by atoms with Gasteiger partial charge >= 0.3 is 0 Å². The van der Waals surface area contributed by atoms with E-state index in [1.807, 2.05) is 4.90 Å². The highest BCUT2D eigenvalue weighted by Gasteiger charge is 2.46. The van der Waals surface area contributed by atoms with Crippen LogP contribution in [0.3, 0.4) is 0 Å². The van der Waals surface area contributed by atoms with Crippen LogP contribution in [0.2, 0.25) is 0 Å². The molecular formula is C15H24N2O3. The molecule has 3 atom stereocenters. The fourth-order valence-corrected chi connectivity index (χ4v) is 3.89. The van der Waals surface area contributed by atoms with Gasteiger partial charge in [0.2, 0.25) is 11.8 Å². The smallest absolute Gasteiger partial charge is 0.245 e. The molecule has 0 aromatic rings. The summed E-state index contributed by atoms with van der Waals surface area (Å²) in [6.45, 7) is 3.05. The van der Waals surface area contributed by atoms with Crippen molar-refractivity contribution in [1.29, 1.82) is 0 Å². The summed E-state index contributed by atoms with van der Waals surface area (Å²) in [6.07, 6.45) is 6.57. The maximum absolute atomic E-state index is 12.6. The quantitative estimate of drug-likeness (QED) is 0.823. The summed E-state index contributed by atoms with van der Waals surface area (Å²) in [5.41, 5.74) is 0. The number of carbonyl (C=O) groups is 2. The molecule has 3 aliphatic rings. The number of hydrogen-bond donors (Lipinski definition) is 1. The number of ether oxygens (including phenoxy) is 1. The Balaban J connectivity index is 1.85. The molecule has 2 aliphatic heterocycles. The zero-order valence-electron chi connectivity index (χ0n) is 12.1. The van der Waals surface area contributed by atoms with Gasteiger partial charge in [-0.2, -0.15) is 0 Å². The van der Waals surface area contributed by atoms with Crippen LogP contribution in [0.4, 0.5) is 0 Å². The lowest BCUT2D eigenvalue weighted by atomic mass is 9.81. The standard InChI is InChI=1S/C15H24N2O3/c1-10-15(19)17(12-7-8-20-9-12)13(14(18)16-10)11-5-3-2-4-6-11/h10-13H,2-9H2,1H3,(H,16,18). The summed E-state index contributed by atoms with van der Waals surface area (Å²) in [4.78, 5) is 26.9. The van der Waals surface area contributed by atoms with Crippen LogP contribution in [-0.2, 0) is 14.3 Å². The average Bonchev–Trinajstić information content (AvgIpc) is 2.97. The third kappa shape index (κ3) is 2.43. The molecule has 2 heterocycles. The van der Waals surface area contributed by atoms with E-state index in [1.54, 1.807) is 6.92 Å². The third-order valence-corrected chi connectivity index (χ3v) is 4.95. The summed E-state index contributed by atoms with van der Waals surface area (Å²) in [5, 5.41) is 2.86. The van der Waals surface area contributed by atoms with Gasteiger partial charge in [-0.25, -0.2) is 0 Å². The summed E-state index contributed by atoms with van der Waals surface area (Å²) in [6, 6.07) is -0.587. The first-order valence-corrected chi connectivity index (χ1v) is 7.89. The van der Waals surface area contributed by atoms with Crippen molar-refractivity contribution >= 4 is 11.8 Å². The summed E-state index contributed by atoms with van der Waals surface area (Å²) in [5.74, 6) is 0.423. The minimum Gasteiger partial charge on any atom is -0.379 e. The van der Waals surface area contributed by atoms with Gasteiger partial charge in [-0.3, -0.25) is 9.59 Å². The van der Waals surface area contributed by atoms with Gasteiger partial charge in [0.05, 0.1) is 12.6 Å². The van der Waals surface area contributed by atoms with Crippen LogP contribution in [0, 0.1) is 5.92 Å². The van der Waals surface area contributed by atoms with Gasteiger partial charge in [-0.15, -0.1) is 0 Å². The van der Waals surface area contributed by atoms with E-state index in [2.05, 4.69) is 5.32 Å². The Morgan fingerprint density at radius 3 is 2.55 bits per heavy atom. The second-order valence-corrected chi connectivity index (χ2v) is 6.34. The number of nitrogens with one attached hydrogen (secondary N) is 1. The first-order valence-electron chi connectivity index (χ1n) is 7.89. The van der Waals surface area contributed by atoms with Crippen LogP contribution >= 0.6 is 0 Å². The number of rotatable bonds is 2. The fourth-order valence-electron chi connectivity index (χ4n) is 3.89. The minimum absolute atomic E-state index is 0.0379. The lowest BCUT2D eigenvalue weighted by molar-refractivity contribution is -0.154. The van der Waals surface area contributed by atoms with Crippen molar-refractivity contribution in [2.45, 2.75) is 63.6 Å². The molecule has 112 valence electrons. The molecule has 3 fully saturated rings. The van der Waals surface area contributed by atoms with E-state index in [4.69, 9.17) is 4.74 Å². The topological polar surface area (TPSA) is 58.6 Å².